The summed E-state index contributed by atoms with van der Waals surface area (Å²) in [6.07, 6.45) is 1.64. The summed E-state index contributed by atoms with van der Waals surface area (Å²) in [7, 11) is -3.59. The van der Waals surface area contributed by atoms with Crippen LogP contribution in [0.5, 0.6) is 0 Å². The van der Waals surface area contributed by atoms with E-state index >= 15 is 0 Å². The Morgan fingerprint density at radius 3 is 2.80 bits per heavy atom. The molecule has 2 rings (SSSR count). The molecule has 9 heteroatoms. The van der Waals surface area contributed by atoms with Crippen molar-refractivity contribution < 1.29 is 8.42 Å². The van der Waals surface area contributed by atoms with Crippen LogP contribution in [0, 0.1) is 13.8 Å². The number of aryl methyl sites for hydroxylation is 1. The highest BCUT2D eigenvalue weighted by molar-refractivity contribution is 7.89. The lowest BCUT2D eigenvalue weighted by atomic mass is 10.4. The van der Waals surface area contributed by atoms with E-state index in [-0.39, 0.29) is 11.4 Å². The second-order valence-electron chi connectivity index (χ2n) is 4.30. The van der Waals surface area contributed by atoms with Gasteiger partial charge in [-0.3, -0.25) is 9.67 Å². The molecule has 2 heterocycles. The number of nitrogens with one attached hydrogen (secondary N) is 1. The van der Waals surface area contributed by atoms with Gasteiger partial charge in [0, 0.05) is 24.2 Å². The molecule has 0 saturated carbocycles. The van der Waals surface area contributed by atoms with Crippen LogP contribution in [0.15, 0.2) is 16.6 Å². The fraction of sp³-hybridized carbons (Fsp3) is 0.455. The number of hydrogen-bond acceptors (Lipinski definition) is 6. The van der Waals surface area contributed by atoms with Crippen molar-refractivity contribution in [1.82, 2.24) is 19.5 Å². The van der Waals surface area contributed by atoms with Crippen LogP contribution in [-0.2, 0) is 23.1 Å². The highest BCUT2D eigenvalue weighted by atomic mass is 32.2. The maximum absolute atomic E-state index is 12.4. The van der Waals surface area contributed by atoms with Gasteiger partial charge in [-0.05, 0) is 13.8 Å². The Hall–Kier alpha value is -1.29. The number of nitrogens with two attached hydrogens (primary N) is 1. The summed E-state index contributed by atoms with van der Waals surface area (Å²) in [5.41, 5.74) is 8.24. The molecule has 20 heavy (non-hydrogen) atoms. The lowest BCUT2D eigenvalue weighted by Gasteiger charge is -2.06. The van der Waals surface area contributed by atoms with Gasteiger partial charge in [0.05, 0.1) is 23.4 Å². The first-order valence-electron chi connectivity index (χ1n) is 6.07. The number of thiazole rings is 1. The molecule has 0 amide bonds. The molecular formula is C11H17N5O2S2. The van der Waals surface area contributed by atoms with Gasteiger partial charge < -0.3 is 5.73 Å². The monoisotopic (exact) mass is 315 g/mol. The summed E-state index contributed by atoms with van der Waals surface area (Å²) in [4.78, 5) is 5.00. The first kappa shape index (κ1) is 15.1. The van der Waals surface area contributed by atoms with Crippen molar-refractivity contribution >= 4 is 21.4 Å². The maximum Gasteiger partial charge on any atom is 0.244 e. The van der Waals surface area contributed by atoms with Gasteiger partial charge >= 0.3 is 0 Å². The minimum Gasteiger partial charge on any atom is -0.329 e. The van der Waals surface area contributed by atoms with Gasteiger partial charge in [-0.1, -0.05) is 0 Å². The van der Waals surface area contributed by atoms with Crippen molar-refractivity contribution in [2.75, 3.05) is 6.54 Å². The lowest BCUT2D eigenvalue weighted by molar-refractivity contribution is 0.577. The van der Waals surface area contributed by atoms with Crippen LogP contribution in [0.2, 0.25) is 0 Å². The van der Waals surface area contributed by atoms with Gasteiger partial charge in [0.2, 0.25) is 10.0 Å². The highest BCUT2D eigenvalue weighted by Gasteiger charge is 2.24. The predicted molar refractivity (Wildman–Crippen MR) is 76.9 cm³/mol. The molecular weight excluding hydrogens is 298 g/mol. The second kappa shape index (κ2) is 6.00. The molecule has 0 aliphatic heterocycles. The third kappa shape index (κ3) is 3.06. The summed E-state index contributed by atoms with van der Waals surface area (Å²) in [6, 6.07) is 0. The van der Waals surface area contributed by atoms with Crippen molar-refractivity contribution in [2.45, 2.75) is 31.8 Å². The smallest absolute Gasteiger partial charge is 0.244 e. The van der Waals surface area contributed by atoms with E-state index in [0.717, 1.165) is 4.88 Å². The fourth-order valence-electron chi connectivity index (χ4n) is 1.98. The quantitative estimate of drug-likeness (QED) is 0.803. The normalized spacial score (nSPS) is 11.9. The summed E-state index contributed by atoms with van der Waals surface area (Å²) in [5.74, 6) is 0. The number of rotatable bonds is 6. The van der Waals surface area contributed by atoms with Gasteiger partial charge in [0.25, 0.3) is 0 Å². The Balaban J connectivity index is 2.25. The molecule has 0 radical (unpaired) electrons. The van der Waals surface area contributed by atoms with E-state index in [9.17, 15) is 8.42 Å². The molecule has 3 N–H and O–H groups in total. The van der Waals surface area contributed by atoms with Crippen LogP contribution in [0.25, 0.3) is 0 Å². The van der Waals surface area contributed by atoms with Gasteiger partial charge in [0.15, 0.2) is 0 Å². The Morgan fingerprint density at radius 1 is 1.45 bits per heavy atom. The highest BCUT2D eigenvalue weighted by Crippen LogP contribution is 2.19. The summed E-state index contributed by atoms with van der Waals surface area (Å²) in [5, 5.41) is 4.22. The topological polar surface area (TPSA) is 103 Å². The molecule has 0 saturated heterocycles. The Morgan fingerprint density at radius 2 is 2.20 bits per heavy atom. The van der Waals surface area contributed by atoms with Gasteiger partial charge in [-0.2, -0.15) is 5.10 Å². The second-order valence-corrected chi connectivity index (χ2v) is 6.98. The zero-order valence-electron chi connectivity index (χ0n) is 11.3. The number of nitrogens with zero attached hydrogens (tertiary/aromatic N) is 3. The minimum atomic E-state index is -3.59. The van der Waals surface area contributed by atoms with Gasteiger partial charge in [-0.15, -0.1) is 11.3 Å². The molecule has 110 valence electrons. The van der Waals surface area contributed by atoms with Crippen LogP contribution < -0.4 is 10.5 Å². The number of sulfonamides is 1. The van der Waals surface area contributed by atoms with E-state index in [0.29, 0.717) is 24.5 Å². The molecule has 2 aromatic rings. The SMILES string of the molecule is Cc1nn(CCN)c(C)c1S(=O)(=O)NCc1cncs1. The van der Waals surface area contributed by atoms with Crippen molar-refractivity contribution in [2.24, 2.45) is 5.73 Å². The maximum atomic E-state index is 12.4. The first-order valence-corrected chi connectivity index (χ1v) is 8.43. The van der Waals surface area contributed by atoms with Gasteiger partial charge in [-0.25, -0.2) is 13.1 Å². The van der Waals surface area contributed by atoms with Crippen molar-refractivity contribution in [1.29, 1.82) is 0 Å². The van der Waals surface area contributed by atoms with Crippen molar-refractivity contribution in [3.8, 4) is 0 Å². The predicted octanol–water partition coefficient (Wildman–Crippen LogP) is 0.394. The van der Waals surface area contributed by atoms with E-state index in [1.165, 1.54) is 11.3 Å². The van der Waals surface area contributed by atoms with Crippen LogP contribution in [0.1, 0.15) is 16.3 Å². The minimum absolute atomic E-state index is 0.230. The summed E-state index contributed by atoms with van der Waals surface area (Å²) in [6.45, 7) is 4.55. The Labute approximate surface area is 121 Å². The van der Waals surface area contributed by atoms with Crippen LogP contribution in [0.4, 0.5) is 0 Å². The van der Waals surface area contributed by atoms with E-state index in [4.69, 9.17) is 5.73 Å². The molecule has 0 unspecified atom stereocenters. The number of hydrogen-bond donors (Lipinski definition) is 2. The van der Waals surface area contributed by atoms with Gasteiger partial charge in [0.1, 0.15) is 4.90 Å². The summed E-state index contributed by atoms with van der Waals surface area (Å²) < 4.78 is 28.9. The molecule has 7 nitrogen and oxygen atoms in total. The largest absolute Gasteiger partial charge is 0.329 e. The first-order chi connectivity index (χ1) is 9.45. The summed E-state index contributed by atoms with van der Waals surface area (Å²) >= 11 is 1.41. The zero-order chi connectivity index (χ0) is 14.8. The van der Waals surface area contributed by atoms with Crippen molar-refractivity contribution in [3.63, 3.8) is 0 Å². The van der Waals surface area contributed by atoms with Crippen LogP contribution in [0.3, 0.4) is 0 Å². The molecule has 0 atom stereocenters. The molecule has 0 aromatic carbocycles. The average Bonchev–Trinajstić information content (AvgIpc) is 2.97. The Kier molecular flexibility index (Phi) is 4.53. The standard InChI is InChI=1S/C11H17N5O2S2/c1-8-11(9(2)16(15-8)4-3-12)20(17,18)14-6-10-5-13-7-19-10/h5,7,14H,3-4,6,12H2,1-2H3. The molecule has 0 aliphatic rings. The molecule has 0 spiro atoms. The van der Waals surface area contributed by atoms with Crippen LogP contribution >= 0.6 is 11.3 Å². The fourth-order valence-corrected chi connectivity index (χ4v) is 4.02. The van der Waals surface area contributed by atoms with E-state index in [1.54, 1.807) is 30.2 Å². The lowest BCUT2D eigenvalue weighted by Crippen LogP contribution is -2.24. The third-order valence-corrected chi connectivity index (χ3v) is 5.28. The molecule has 0 bridgehead atoms. The van der Waals surface area contributed by atoms with E-state index in [1.807, 2.05) is 0 Å². The van der Waals surface area contributed by atoms with Crippen LogP contribution in [-0.4, -0.2) is 29.7 Å². The third-order valence-electron chi connectivity index (χ3n) is 2.84. The average molecular weight is 315 g/mol. The van der Waals surface area contributed by atoms with E-state index in [2.05, 4.69) is 14.8 Å². The Bertz CT molecular complexity index is 676. The molecule has 0 aliphatic carbocycles. The van der Waals surface area contributed by atoms with Crippen molar-refractivity contribution in [3.05, 3.63) is 28.0 Å². The van der Waals surface area contributed by atoms with E-state index < -0.39 is 10.0 Å². The molecule has 0 fully saturated rings. The number of aromatic nitrogens is 3. The zero-order valence-corrected chi connectivity index (χ0v) is 13.0. The molecule has 2 aromatic heterocycles.